The van der Waals surface area contributed by atoms with E-state index in [1.165, 1.54) is 17.7 Å². The van der Waals surface area contributed by atoms with E-state index < -0.39 is 11.8 Å². The van der Waals surface area contributed by atoms with Crippen LogP contribution < -0.4 is 5.32 Å². The van der Waals surface area contributed by atoms with E-state index in [4.69, 9.17) is 4.74 Å². The molecule has 0 radical (unpaired) electrons. The molecule has 6 heteroatoms. The first-order valence-electron chi connectivity index (χ1n) is 10.9. The summed E-state index contributed by atoms with van der Waals surface area (Å²) in [5.41, 5.74) is 3.97. The van der Waals surface area contributed by atoms with E-state index in [-0.39, 0.29) is 17.5 Å². The van der Waals surface area contributed by atoms with E-state index in [1.807, 2.05) is 37.3 Å². The van der Waals surface area contributed by atoms with E-state index in [2.05, 4.69) is 5.32 Å². The summed E-state index contributed by atoms with van der Waals surface area (Å²) in [6.45, 7) is 3.09. The van der Waals surface area contributed by atoms with Gasteiger partial charge in [0.05, 0.1) is 11.1 Å². The Bertz CT molecular complexity index is 1270. The van der Waals surface area contributed by atoms with Crippen molar-refractivity contribution in [3.8, 4) is 0 Å². The van der Waals surface area contributed by atoms with Gasteiger partial charge in [0.25, 0.3) is 5.91 Å². The van der Waals surface area contributed by atoms with Crippen molar-refractivity contribution in [3.63, 3.8) is 0 Å². The maximum Gasteiger partial charge on any atom is 0.344 e. The molecule has 2 heterocycles. The lowest BCUT2D eigenvalue weighted by Crippen LogP contribution is -2.32. The molecular weight excluding hydrogens is 419 g/mol. The Morgan fingerprint density at radius 1 is 1.09 bits per heavy atom. The minimum Gasteiger partial charge on any atom is -0.422 e. The lowest BCUT2D eigenvalue weighted by atomic mass is 10.0. The molecule has 0 bridgehead atoms. The van der Waals surface area contributed by atoms with Gasteiger partial charge in [-0.2, -0.15) is 0 Å². The highest BCUT2D eigenvalue weighted by atomic mass is 19.1. The maximum atomic E-state index is 14.6. The van der Waals surface area contributed by atoms with Crippen molar-refractivity contribution in [2.24, 2.45) is 0 Å². The van der Waals surface area contributed by atoms with Crippen LogP contribution in [0.2, 0.25) is 0 Å². The van der Waals surface area contributed by atoms with Crippen LogP contribution in [0.25, 0.3) is 11.8 Å². The number of halogens is 1. The Hall–Kier alpha value is -3.93. The van der Waals surface area contributed by atoms with E-state index >= 15 is 0 Å². The van der Waals surface area contributed by atoms with E-state index in [0.29, 0.717) is 35.5 Å². The molecule has 1 amide bonds. The van der Waals surface area contributed by atoms with Crippen molar-refractivity contribution in [2.75, 3.05) is 18.4 Å². The van der Waals surface area contributed by atoms with Crippen LogP contribution in [-0.4, -0.2) is 35.9 Å². The first kappa shape index (κ1) is 20.9. The van der Waals surface area contributed by atoms with Gasteiger partial charge in [-0.25, -0.2) is 9.18 Å². The number of amides is 1. The topological polar surface area (TPSA) is 58.6 Å². The van der Waals surface area contributed by atoms with Crippen LogP contribution in [0.5, 0.6) is 0 Å². The fourth-order valence-corrected chi connectivity index (χ4v) is 4.26. The molecule has 5 rings (SSSR count). The number of carbonyl (C=O) groups excluding carboxylic acids is 2. The SMILES string of the molecule is Cc1ccc(NC2CCN(C(=O)c3cc(/C=C4\OC(=O)c5ccccc54)ccc3F)C2)cc1. The Labute approximate surface area is 191 Å². The van der Waals surface area contributed by atoms with Crippen LogP contribution in [0, 0.1) is 12.7 Å². The number of nitrogens with zero attached hydrogens (tertiary/aromatic N) is 1. The first-order chi connectivity index (χ1) is 16.0. The monoisotopic (exact) mass is 442 g/mol. The van der Waals surface area contributed by atoms with Gasteiger partial charge in [-0.05, 0) is 55.3 Å². The largest absolute Gasteiger partial charge is 0.422 e. The number of likely N-dealkylation sites (tertiary alicyclic amines) is 1. The number of hydrogen-bond acceptors (Lipinski definition) is 4. The number of carbonyl (C=O) groups is 2. The average molecular weight is 442 g/mol. The molecule has 3 aromatic rings. The van der Waals surface area contributed by atoms with E-state index in [1.54, 1.807) is 35.2 Å². The van der Waals surface area contributed by atoms with Crippen LogP contribution in [-0.2, 0) is 4.74 Å². The van der Waals surface area contributed by atoms with Crippen LogP contribution in [0.1, 0.15) is 43.8 Å². The molecule has 3 aromatic carbocycles. The minimum absolute atomic E-state index is 0.0120. The number of fused-ring (bicyclic) bond motifs is 1. The van der Waals surface area contributed by atoms with Gasteiger partial charge in [0.1, 0.15) is 11.6 Å². The van der Waals surface area contributed by atoms with Gasteiger partial charge in [0.15, 0.2) is 0 Å². The molecule has 1 atom stereocenters. The molecule has 1 unspecified atom stereocenters. The van der Waals surface area contributed by atoms with Gasteiger partial charge in [-0.15, -0.1) is 0 Å². The number of rotatable bonds is 4. The summed E-state index contributed by atoms with van der Waals surface area (Å²) in [6.07, 6.45) is 2.45. The fraction of sp³-hybridized carbons (Fsp3) is 0.185. The average Bonchev–Trinajstić information content (AvgIpc) is 3.41. The van der Waals surface area contributed by atoms with Crippen molar-refractivity contribution in [3.05, 3.63) is 100 Å². The summed E-state index contributed by atoms with van der Waals surface area (Å²) in [5, 5.41) is 3.45. The number of anilines is 1. The number of nitrogens with one attached hydrogen (secondary N) is 1. The van der Waals surface area contributed by atoms with Crippen LogP contribution in [0.3, 0.4) is 0 Å². The van der Waals surface area contributed by atoms with Crippen molar-refractivity contribution in [1.29, 1.82) is 0 Å². The summed E-state index contributed by atoms with van der Waals surface area (Å²) in [6, 6.07) is 19.7. The molecule has 5 nitrogen and oxygen atoms in total. The zero-order valence-electron chi connectivity index (χ0n) is 18.2. The van der Waals surface area contributed by atoms with Crippen LogP contribution >= 0.6 is 0 Å². The lowest BCUT2D eigenvalue weighted by Gasteiger charge is -2.18. The number of cyclic esters (lactones) is 1. The molecule has 2 aliphatic heterocycles. The zero-order chi connectivity index (χ0) is 22.9. The van der Waals surface area contributed by atoms with Gasteiger partial charge >= 0.3 is 5.97 Å². The highest BCUT2D eigenvalue weighted by molar-refractivity contribution is 6.05. The number of aryl methyl sites for hydroxylation is 1. The Kier molecular flexibility index (Phi) is 5.42. The summed E-state index contributed by atoms with van der Waals surface area (Å²) < 4.78 is 20.0. The van der Waals surface area contributed by atoms with Gasteiger partial charge in [0.2, 0.25) is 0 Å². The van der Waals surface area contributed by atoms with Crippen molar-refractivity contribution >= 4 is 29.4 Å². The summed E-state index contributed by atoms with van der Waals surface area (Å²) in [4.78, 5) is 26.8. The number of ether oxygens (including phenoxy) is 1. The van der Waals surface area contributed by atoms with E-state index in [9.17, 15) is 14.0 Å². The van der Waals surface area contributed by atoms with Crippen molar-refractivity contribution < 1.29 is 18.7 Å². The summed E-state index contributed by atoms with van der Waals surface area (Å²) >= 11 is 0. The molecule has 166 valence electrons. The molecular formula is C27H23FN2O3. The van der Waals surface area contributed by atoms with Crippen LogP contribution in [0.4, 0.5) is 10.1 Å². The van der Waals surface area contributed by atoms with Crippen molar-refractivity contribution in [1.82, 2.24) is 4.90 Å². The van der Waals surface area contributed by atoms with Gasteiger partial charge < -0.3 is 15.0 Å². The Balaban J connectivity index is 1.33. The third-order valence-corrected chi connectivity index (χ3v) is 6.03. The third kappa shape index (κ3) is 4.24. The predicted molar refractivity (Wildman–Crippen MR) is 125 cm³/mol. The molecule has 0 aromatic heterocycles. The molecule has 0 spiro atoms. The standard InChI is InChI=1S/C27H23FN2O3/c1-17-6-9-19(10-7-17)29-20-12-13-30(16-20)26(31)23-14-18(8-11-24(23)28)15-25-21-4-2-3-5-22(21)27(32)33-25/h2-11,14-15,20,29H,12-13,16H2,1H3/b25-15-. The maximum absolute atomic E-state index is 14.6. The number of esters is 1. The molecule has 1 fully saturated rings. The highest BCUT2D eigenvalue weighted by Crippen LogP contribution is 2.31. The quantitative estimate of drug-likeness (QED) is 0.569. The Morgan fingerprint density at radius 2 is 1.85 bits per heavy atom. The molecule has 0 aliphatic carbocycles. The third-order valence-electron chi connectivity index (χ3n) is 6.03. The van der Waals surface area contributed by atoms with Gasteiger partial charge in [-0.1, -0.05) is 42.0 Å². The normalized spacial score (nSPS) is 18.4. The number of hydrogen-bond donors (Lipinski definition) is 1. The molecule has 0 saturated carbocycles. The van der Waals surface area contributed by atoms with E-state index in [0.717, 1.165) is 12.1 Å². The van der Waals surface area contributed by atoms with Gasteiger partial charge in [0, 0.05) is 30.4 Å². The zero-order valence-corrected chi connectivity index (χ0v) is 18.2. The number of benzene rings is 3. The predicted octanol–water partition coefficient (Wildman–Crippen LogP) is 5.13. The molecule has 1 saturated heterocycles. The summed E-state index contributed by atoms with van der Waals surface area (Å²) in [5.74, 6) is -0.936. The second-order valence-electron chi connectivity index (χ2n) is 8.43. The fourth-order valence-electron chi connectivity index (χ4n) is 4.26. The smallest absolute Gasteiger partial charge is 0.344 e. The second kappa shape index (κ2) is 8.54. The van der Waals surface area contributed by atoms with Crippen LogP contribution in [0.15, 0.2) is 66.7 Å². The first-order valence-corrected chi connectivity index (χ1v) is 10.9. The Morgan fingerprint density at radius 3 is 2.64 bits per heavy atom. The minimum atomic E-state index is -0.569. The van der Waals surface area contributed by atoms with Crippen molar-refractivity contribution in [2.45, 2.75) is 19.4 Å². The molecule has 2 aliphatic rings. The molecule has 1 N–H and O–H groups in total. The lowest BCUT2D eigenvalue weighted by molar-refractivity contribution is 0.0716. The summed E-state index contributed by atoms with van der Waals surface area (Å²) in [7, 11) is 0. The second-order valence-corrected chi connectivity index (χ2v) is 8.43. The highest BCUT2D eigenvalue weighted by Gasteiger charge is 2.29. The van der Waals surface area contributed by atoms with Gasteiger partial charge in [-0.3, -0.25) is 4.79 Å². The molecule has 33 heavy (non-hydrogen) atoms.